The Hall–Kier alpha value is -3.58. The van der Waals surface area contributed by atoms with Gasteiger partial charge in [-0.3, -0.25) is 4.90 Å². The minimum Gasteiger partial charge on any atom is -0.508 e. The number of hydrogen-bond donors (Lipinski definition) is 1. The standard InChI is InChI=1S/C26H24FN3O3/c27-19-4-7-23-22(14-19)28-26(18-3-8-24-25(13-18)33-16-32-24)30(23)20-9-11-29(12-10-20)15-17-1-5-21(31)6-2-17/h1-8,13-14,20,31H,9-12,15-16H2. The lowest BCUT2D eigenvalue weighted by molar-refractivity contribution is 0.174. The van der Waals surface area contributed by atoms with E-state index in [0.29, 0.717) is 11.3 Å². The van der Waals surface area contributed by atoms with Crippen molar-refractivity contribution in [2.75, 3.05) is 19.9 Å². The van der Waals surface area contributed by atoms with Gasteiger partial charge in [-0.25, -0.2) is 9.37 Å². The van der Waals surface area contributed by atoms with E-state index >= 15 is 0 Å². The maximum Gasteiger partial charge on any atom is 0.231 e. The van der Waals surface area contributed by atoms with Crippen LogP contribution < -0.4 is 9.47 Å². The molecule has 168 valence electrons. The second-order valence-corrected chi connectivity index (χ2v) is 8.68. The molecule has 0 saturated carbocycles. The smallest absolute Gasteiger partial charge is 0.231 e. The monoisotopic (exact) mass is 445 g/mol. The molecule has 4 aromatic rings. The first kappa shape index (κ1) is 20.1. The Kier molecular flexibility index (Phi) is 4.91. The van der Waals surface area contributed by atoms with Gasteiger partial charge in [-0.1, -0.05) is 12.1 Å². The van der Waals surface area contributed by atoms with Gasteiger partial charge in [-0.05, 0) is 60.9 Å². The highest BCUT2D eigenvalue weighted by Crippen LogP contribution is 2.39. The van der Waals surface area contributed by atoms with E-state index in [2.05, 4.69) is 9.47 Å². The van der Waals surface area contributed by atoms with Crippen LogP contribution in [0.4, 0.5) is 4.39 Å². The molecule has 0 atom stereocenters. The molecule has 0 aliphatic carbocycles. The predicted octanol–water partition coefficient (Wildman–Crippen LogP) is 5.11. The molecule has 7 heteroatoms. The highest BCUT2D eigenvalue weighted by atomic mass is 19.1. The van der Waals surface area contributed by atoms with E-state index < -0.39 is 0 Å². The lowest BCUT2D eigenvalue weighted by atomic mass is 10.0. The minimum atomic E-state index is -0.284. The Morgan fingerprint density at radius 3 is 2.55 bits per heavy atom. The van der Waals surface area contributed by atoms with Crippen molar-refractivity contribution in [1.82, 2.24) is 14.5 Å². The Balaban J connectivity index is 1.30. The lowest BCUT2D eigenvalue weighted by Gasteiger charge is -2.33. The molecular formula is C26H24FN3O3. The van der Waals surface area contributed by atoms with Gasteiger partial charge in [0.25, 0.3) is 0 Å². The van der Waals surface area contributed by atoms with Gasteiger partial charge in [0.1, 0.15) is 17.4 Å². The van der Waals surface area contributed by atoms with Gasteiger partial charge < -0.3 is 19.1 Å². The summed E-state index contributed by atoms with van der Waals surface area (Å²) in [7, 11) is 0. The van der Waals surface area contributed by atoms with Gasteiger partial charge >= 0.3 is 0 Å². The average molecular weight is 445 g/mol. The molecule has 33 heavy (non-hydrogen) atoms. The Bertz CT molecular complexity index is 1310. The molecule has 3 heterocycles. The van der Waals surface area contributed by atoms with E-state index in [-0.39, 0.29) is 24.4 Å². The van der Waals surface area contributed by atoms with Gasteiger partial charge in [0.15, 0.2) is 11.5 Å². The summed E-state index contributed by atoms with van der Waals surface area (Å²) in [6, 6.07) is 18.3. The molecule has 2 aliphatic rings. The van der Waals surface area contributed by atoms with Gasteiger partial charge in [0.2, 0.25) is 6.79 Å². The number of aromatic hydroxyl groups is 1. The van der Waals surface area contributed by atoms with Crippen LogP contribution >= 0.6 is 0 Å². The third-order valence-electron chi connectivity index (χ3n) is 6.55. The van der Waals surface area contributed by atoms with Crippen LogP contribution in [0, 0.1) is 5.82 Å². The summed E-state index contributed by atoms with van der Waals surface area (Å²) in [6.07, 6.45) is 1.94. The van der Waals surface area contributed by atoms with Gasteiger partial charge in [-0.15, -0.1) is 0 Å². The summed E-state index contributed by atoms with van der Waals surface area (Å²) >= 11 is 0. The minimum absolute atomic E-state index is 0.222. The summed E-state index contributed by atoms with van der Waals surface area (Å²) in [4.78, 5) is 7.26. The van der Waals surface area contributed by atoms with Crippen molar-refractivity contribution in [3.8, 4) is 28.6 Å². The van der Waals surface area contributed by atoms with Crippen molar-refractivity contribution >= 4 is 11.0 Å². The Morgan fingerprint density at radius 2 is 1.73 bits per heavy atom. The number of ether oxygens (including phenoxy) is 2. The number of halogens is 1. The van der Waals surface area contributed by atoms with Crippen LogP contribution in [0.2, 0.25) is 0 Å². The van der Waals surface area contributed by atoms with Crippen LogP contribution in [0.25, 0.3) is 22.4 Å². The fourth-order valence-corrected chi connectivity index (χ4v) is 4.88. The topological polar surface area (TPSA) is 59.8 Å². The molecule has 0 amide bonds. The summed E-state index contributed by atoms with van der Waals surface area (Å²) < 4.78 is 27.3. The largest absolute Gasteiger partial charge is 0.508 e. The van der Waals surface area contributed by atoms with Crippen molar-refractivity contribution in [3.05, 3.63) is 72.0 Å². The first-order valence-corrected chi connectivity index (χ1v) is 11.2. The van der Waals surface area contributed by atoms with Crippen LogP contribution in [0.1, 0.15) is 24.4 Å². The molecule has 0 bridgehead atoms. The Morgan fingerprint density at radius 1 is 0.939 bits per heavy atom. The highest BCUT2D eigenvalue weighted by molar-refractivity contribution is 5.81. The molecule has 1 saturated heterocycles. The first-order valence-electron chi connectivity index (χ1n) is 11.2. The molecule has 1 fully saturated rings. The quantitative estimate of drug-likeness (QED) is 0.473. The van der Waals surface area contributed by atoms with Gasteiger partial charge in [0, 0.05) is 37.3 Å². The molecule has 1 aromatic heterocycles. The van der Waals surface area contributed by atoms with Crippen LogP contribution in [0.15, 0.2) is 60.7 Å². The number of nitrogens with zero attached hydrogens (tertiary/aromatic N) is 3. The number of phenols is 1. The molecular weight excluding hydrogens is 421 g/mol. The number of likely N-dealkylation sites (tertiary alicyclic amines) is 1. The molecule has 2 aliphatic heterocycles. The third kappa shape index (κ3) is 3.78. The zero-order valence-corrected chi connectivity index (χ0v) is 18.1. The van der Waals surface area contributed by atoms with E-state index in [9.17, 15) is 9.50 Å². The molecule has 1 N–H and O–H groups in total. The molecule has 0 unspecified atom stereocenters. The number of aromatic nitrogens is 2. The fraction of sp³-hybridized carbons (Fsp3) is 0.269. The van der Waals surface area contributed by atoms with E-state index in [1.807, 2.05) is 36.4 Å². The summed E-state index contributed by atoms with van der Waals surface area (Å²) in [5.74, 6) is 2.27. The number of phenolic OH excluding ortho intramolecular Hbond substituents is 1. The van der Waals surface area contributed by atoms with Crippen molar-refractivity contribution in [2.24, 2.45) is 0 Å². The fourth-order valence-electron chi connectivity index (χ4n) is 4.88. The lowest BCUT2D eigenvalue weighted by Crippen LogP contribution is -2.34. The van der Waals surface area contributed by atoms with Crippen molar-refractivity contribution in [2.45, 2.75) is 25.4 Å². The molecule has 3 aromatic carbocycles. The zero-order valence-electron chi connectivity index (χ0n) is 18.1. The highest BCUT2D eigenvalue weighted by Gasteiger charge is 2.26. The van der Waals surface area contributed by atoms with E-state index in [4.69, 9.17) is 14.5 Å². The third-order valence-corrected chi connectivity index (χ3v) is 6.55. The van der Waals surface area contributed by atoms with E-state index in [1.54, 1.807) is 12.1 Å². The maximum absolute atomic E-state index is 14.0. The van der Waals surface area contributed by atoms with Crippen molar-refractivity contribution < 1.29 is 19.0 Å². The van der Waals surface area contributed by atoms with Gasteiger partial charge in [0.05, 0.1) is 11.0 Å². The number of fused-ring (bicyclic) bond motifs is 2. The second kappa shape index (κ2) is 8.08. The number of hydrogen-bond acceptors (Lipinski definition) is 5. The molecule has 6 rings (SSSR count). The number of benzene rings is 3. The SMILES string of the molecule is Oc1ccc(CN2CCC(n3c(-c4ccc5c(c4)OCO5)nc4cc(F)ccc43)CC2)cc1. The predicted molar refractivity (Wildman–Crippen MR) is 123 cm³/mol. The van der Waals surface area contributed by atoms with Crippen LogP contribution in [-0.2, 0) is 6.54 Å². The van der Waals surface area contributed by atoms with E-state index in [1.165, 1.54) is 17.7 Å². The zero-order chi connectivity index (χ0) is 22.4. The van der Waals surface area contributed by atoms with Crippen LogP contribution in [-0.4, -0.2) is 39.4 Å². The molecule has 0 radical (unpaired) electrons. The van der Waals surface area contributed by atoms with E-state index in [0.717, 1.165) is 55.1 Å². The first-order chi connectivity index (χ1) is 16.1. The normalized spacial score (nSPS) is 16.5. The second-order valence-electron chi connectivity index (χ2n) is 8.68. The number of piperidine rings is 1. The molecule has 6 nitrogen and oxygen atoms in total. The number of imidazole rings is 1. The van der Waals surface area contributed by atoms with Crippen LogP contribution in [0.5, 0.6) is 17.2 Å². The Labute approximate surface area is 190 Å². The summed E-state index contributed by atoms with van der Waals surface area (Å²) in [6.45, 7) is 2.98. The van der Waals surface area contributed by atoms with Crippen molar-refractivity contribution in [1.29, 1.82) is 0 Å². The van der Waals surface area contributed by atoms with Crippen molar-refractivity contribution in [3.63, 3.8) is 0 Å². The average Bonchev–Trinajstić information content (AvgIpc) is 3.45. The maximum atomic E-state index is 14.0. The van der Waals surface area contributed by atoms with Gasteiger partial charge in [-0.2, -0.15) is 0 Å². The number of rotatable bonds is 4. The summed E-state index contributed by atoms with van der Waals surface area (Å²) in [5.41, 5.74) is 3.73. The van der Waals surface area contributed by atoms with Crippen LogP contribution in [0.3, 0.4) is 0 Å². The summed E-state index contributed by atoms with van der Waals surface area (Å²) in [5, 5.41) is 9.52. The molecule has 0 spiro atoms.